The van der Waals surface area contributed by atoms with Gasteiger partial charge in [0.2, 0.25) is 0 Å². The Morgan fingerprint density at radius 2 is 2.05 bits per heavy atom. The van der Waals surface area contributed by atoms with Gasteiger partial charge in [-0.3, -0.25) is 0 Å². The van der Waals surface area contributed by atoms with Crippen LogP contribution in [0.3, 0.4) is 0 Å². The fourth-order valence-corrected chi connectivity index (χ4v) is 4.46. The van der Waals surface area contributed by atoms with Crippen molar-refractivity contribution in [1.29, 1.82) is 0 Å². The van der Waals surface area contributed by atoms with E-state index < -0.39 is 0 Å². The molecule has 5 heteroatoms. The van der Waals surface area contributed by atoms with Crippen LogP contribution in [0.4, 0.5) is 11.4 Å². The monoisotopic (exact) mass is 325 g/mol. The maximum atomic E-state index is 3.75. The van der Waals surface area contributed by atoms with E-state index in [-0.39, 0.29) is 12.4 Å². The van der Waals surface area contributed by atoms with Crippen LogP contribution in [-0.2, 0) is 0 Å². The fraction of sp³-hybridized carbons (Fsp3) is 0.562. The zero-order chi connectivity index (χ0) is 14.3. The van der Waals surface area contributed by atoms with Gasteiger partial charge in [0.25, 0.3) is 0 Å². The molecule has 0 radical (unpaired) electrons. The zero-order valence-electron chi connectivity index (χ0n) is 13.2. The van der Waals surface area contributed by atoms with E-state index in [4.69, 9.17) is 0 Å². The van der Waals surface area contributed by atoms with Crippen LogP contribution in [0.15, 0.2) is 23.1 Å². The van der Waals surface area contributed by atoms with Crippen molar-refractivity contribution in [3.63, 3.8) is 0 Å². The number of benzene rings is 1. The normalized spacial score (nSPS) is 23.3. The van der Waals surface area contributed by atoms with E-state index in [9.17, 15) is 0 Å². The average Bonchev–Trinajstić information content (AvgIpc) is 2.43. The van der Waals surface area contributed by atoms with Crippen molar-refractivity contribution in [2.75, 3.05) is 38.4 Å². The van der Waals surface area contributed by atoms with Crippen LogP contribution in [0.25, 0.3) is 0 Å². The molecule has 21 heavy (non-hydrogen) atoms. The van der Waals surface area contributed by atoms with Crippen LogP contribution in [0.1, 0.15) is 19.3 Å². The van der Waals surface area contributed by atoms with Gasteiger partial charge < -0.3 is 22.6 Å². The van der Waals surface area contributed by atoms with Crippen molar-refractivity contribution < 1.29 is 17.0 Å². The molecule has 2 aliphatic rings. The lowest BCUT2D eigenvalue weighted by atomic mass is 9.92. The average molecular weight is 326 g/mol. The highest BCUT2D eigenvalue weighted by atomic mass is 35.5. The second kappa shape index (κ2) is 6.49. The predicted octanol–water partition coefficient (Wildman–Crippen LogP) is -0.0916. The zero-order valence-corrected chi connectivity index (χ0v) is 14.8. The molecule has 1 fully saturated rings. The first-order valence-corrected chi connectivity index (χ1v) is 8.19. The number of thioether (sulfide) groups is 1. The van der Waals surface area contributed by atoms with Crippen molar-refractivity contribution in [3.05, 3.63) is 18.2 Å². The molecule has 1 heterocycles. The summed E-state index contributed by atoms with van der Waals surface area (Å²) >= 11 is 2.06. The summed E-state index contributed by atoms with van der Waals surface area (Å²) < 4.78 is 2.31. The van der Waals surface area contributed by atoms with Crippen LogP contribution in [-0.4, -0.2) is 49.8 Å². The largest absolute Gasteiger partial charge is 1.00 e. The van der Waals surface area contributed by atoms with Gasteiger partial charge in [0.05, 0.1) is 0 Å². The second-order valence-electron chi connectivity index (χ2n) is 6.19. The Morgan fingerprint density at radius 1 is 1.29 bits per heavy atom. The van der Waals surface area contributed by atoms with Gasteiger partial charge in [-0.2, -0.15) is 0 Å². The molecule has 0 bridgehead atoms. The Labute approximate surface area is 138 Å². The third-order valence-corrected chi connectivity index (χ3v) is 5.75. The predicted molar refractivity (Wildman–Crippen MR) is 88.8 cm³/mol. The molecule has 2 unspecified atom stereocenters. The van der Waals surface area contributed by atoms with E-state index in [2.05, 4.69) is 72.9 Å². The van der Waals surface area contributed by atoms with Gasteiger partial charge in [0.1, 0.15) is 14.1 Å². The SMILES string of the molecule is CN(C)c1ccc2c(c1)SC1CC(=[N+](C)C)CCC1N2.[Cl-]. The summed E-state index contributed by atoms with van der Waals surface area (Å²) in [6, 6.07) is 7.38. The van der Waals surface area contributed by atoms with E-state index in [1.165, 1.54) is 35.5 Å². The van der Waals surface area contributed by atoms with Gasteiger partial charge in [-0.15, -0.1) is 11.8 Å². The molecule has 0 saturated heterocycles. The van der Waals surface area contributed by atoms with Crippen molar-refractivity contribution >= 4 is 28.8 Å². The molecular formula is C16H24ClN3S. The fourth-order valence-electron chi connectivity index (χ4n) is 3.05. The minimum Gasteiger partial charge on any atom is -1.00 e. The number of hydrogen-bond acceptors (Lipinski definition) is 3. The lowest BCUT2D eigenvalue weighted by Gasteiger charge is -2.37. The molecule has 3 nitrogen and oxygen atoms in total. The summed E-state index contributed by atoms with van der Waals surface area (Å²) in [6.45, 7) is 0. The minimum atomic E-state index is 0. The molecule has 1 saturated carbocycles. The number of halogens is 1. The van der Waals surface area contributed by atoms with Crippen molar-refractivity contribution in [3.8, 4) is 0 Å². The Morgan fingerprint density at radius 3 is 2.71 bits per heavy atom. The van der Waals surface area contributed by atoms with Crippen LogP contribution in [0, 0.1) is 0 Å². The van der Waals surface area contributed by atoms with Crippen molar-refractivity contribution in [1.82, 2.24) is 0 Å². The number of anilines is 2. The molecule has 1 aliphatic heterocycles. The van der Waals surface area contributed by atoms with E-state index in [1.54, 1.807) is 5.71 Å². The van der Waals surface area contributed by atoms with Gasteiger partial charge in [0, 0.05) is 54.5 Å². The first-order chi connectivity index (χ1) is 9.54. The van der Waals surface area contributed by atoms with Crippen LogP contribution >= 0.6 is 11.8 Å². The molecule has 2 atom stereocenters. The molecule has 116 valence electrons. The van der Waals surface area contributed by atoms with Gasteiger partial charge in [-0.1, -0.05) is 0 Å². The third kappa shape index (κ3) is 3.32. The number of fused-ring (bicyclic) bond motifs is 2. The summed E-state index contributed by atoms with van der Waals surface area (Å²) in [6.07, 6.45) is 3.69. The van der Waals surface area contributed by atoms with Gasteiger partial charge >= 0.3 is 0 Å². The van der Waals surface area contributed by atoms with Crippen LogP contribution in [0.5, 0.6) is 0 Å². The Bertz CT molecular complexity index is 552. The molecule has 1 N–H and O–H groups in total. The molecule has 3 rings (SSSR count). The summed E-state index contributed by atoms with van der Waals surface area (Å²) in [5.74, 6) is 0. The number of rotatable bonds is 1. The molecule has 0 aromatic heterocycles. The molecule has 1 aromatic carbocycles. The quantitative estimate of drug-likeness (QED) is 0.728. The molecule has 0 amide bonds. The topological polar surface area (TPSA) is 18.3 Å². The number of hydrogen-bond donors (Lipinski definition) is 1. The lowest BCUT2D eigenvalue weighted by Crippen LogP contribution is -3.00. The lowest BCUT2D eigenvalue weighted by molar-refractivity contribution is -0.467. The van der Waals surface area contributed by atoms with Crippen molar-refractivity contribution in [2.45, 2.75) is 35.4 Å². The second-order valence-corrected chi connectivity index (χ2v) is 7.47. The molecule has 1 aliphatic carbocycles. The van der Waals surface area contributed by atoms with Gasteiger partial charge in [-0.05, 0) is 24.6 Å². The van der Waals surface area contributed by atoms with E-state index in [0.717, 1.165) is 0 Å². The maximum absolute atomic E-state index is 3.75. The Hall–Kier alpha value is -0.870. The summed E-state index contributed by atoms with van der Waals surface area (Å²) in [7, 11) is 8.55. The summed E-state index contributed by atoms with van der Waals surface area (Å²) in [5, 5.41) is 4.43. The highest BCUT2D eigenvalue weighted by Crippen LogP contribution is 2.43. The third-order valence-electron chi connectivity index (χ3n) is 4.36. The summed E-state index contributed by atoms with van der Waals surface area (Å²) in [4.78, 5) is 3.57. The smallest absolute Gasteiger partial charge is 0.153 e. The minimum absolute atomic E-state index is 0. The molecule has 1 aromatic rings. The van der Waals surface area contributed by atoms with E-state index >= 15 is 0 Å². The maximum Gasteiger partial charge on any atom is 0.153 e. The highest BCUT2D eigenvalue weighted by molar-refractivity contribution is 8.00. The molecular weight excluding hydrogens is 302 g/mol. The Balaban J connectivity index is 0.00000161. The number of nitrogens with one attached hydrogen (secondary N) is 1. The van der Waals surface area contributed by atoms with Gasteiger partial charge in [-0.25, -0.2) is 4.58 Å². The number of nitrogens with zero attached hydrogens (tertiary/aromatic N) is 2. The van der Waals surface area contributed by atoms with Crippen LogP contribution in [0.2, 0.25) is 0 Å². The standard InChI is InChI=1S/C16H24N3S.ClH/c1-18(2)11-5-7-13-15(9-11)20-16-10-12(19(3)4)6-8-14(16)17-13;/h5,7,9,14,16-17H,6,8,10H2,1-4H3;1H/q+1;/p-1. The van der Waals surface area contributed by atoms with E-state index in [1.807, 2.05) is 0 Å². The highest BCUT2D eigenvalue weighted by Gasteiger charge is 2.35. The van der Waals surface area contributed by atoms with Crippen LogP contribution < -0.4 is 22.6 Å². The van der Waals surface area contributed by atoms with Gasteiger partial charge in [0.15, 0.2) is 5.71 Å². The first kappa shape index (κ1) is 16.5. The first-order valence-electron chi connectivity index (χ1n) is 7.31. The Kier molecular flexibility index (Phi) is 5.10. The summed E-state index contributed by atoms with van der Waals surface area (Å²) in [5.41, 5.74) is 4.19. The van der Waals surface area contributed by atoms with Crippen molar-refractivity contribution in [2.24, 2.45) is 0 Å². The van der Waals surface area contributed by atoms with E-state index in [0.29, 0.717) is 11.3 Å². The molecule has 0 spiro atoms.